The molecule has 5 rings (SSSR count). The summed E-state index contributed by atoms with van der Waals surface area (Å²) in [6, 6.07) is 8.99. The van der Waals surface area contributed by atoms with E-state index in [1.54, 1.807) is 6.20 Å². The van der Waals surface area contributed by atoms with Gasteiger partial charge < -0.3 is 19.8 Å². The number of H-pyrrole nitrogens is 1. The van der Waals surface area contributed by atoms with Crippen molar-refractivity contribution in [1.82, 2.24) is 30.3 Å². The van der Waals surface area contributed by atoms with Gasteiger partial charge in [0.05, 0.1) is 24.0 Å². The maximum atomic E-state index is 10.4. The number of nitrogens with one attached hydrogen (secondary N) is 2. The number of pyridine rings is 1. The van der Waals surface area contributed by atoms with Gasteiger partial charge in [0, 0.05) is 37.0 Å². The number of aliphatic hydroxyl groups is 1. The second-order valence-electron chi connectivity index (χ2n) is 7.31. The first-order valence-electron chi connectivity index (χ1n) is 9.71. The first-order valence-corrected chi connectivity index (χ1v) is 10.1. The fourth-order valence-electron chi connectivity index (χ4n) is 3.57. The SMILES string of the molecule is Cc1cc(Nc2nc(N3CC(O)CC3c3cc(-c4ccccn4)no3)ncc2Cl)n[nH]1. The third-order valence-corrected chi connectivity index (χ3v) is 5.28. The summed E-state index contributed by atoms with van der Waals surface area (Å²) in [5.74, 6) is 2.03. The molecule has 0 aromatic carbocycles. The van der Waals surface area contributed by atoms with Crippen LogP contribution in [0.1, 0.15) is 23.9 Å². The highest BCUT2D eigenvalue weighted by Gasteiger charge is 2.37. The molecule has 11 heteroatoms. The molecule has 5 heterocycles. The fourth-order valence-corrected chi connectivity index (χ4v) is 3.71. The van der Waals surface area contributed by atoms with Crippen LogP contribution in [0.4, 0.5) is 17.6 Å². The van der Waals surface area contributed by atoms with Gasteiger partial charge in [-0.1, -0.05) is 22.8 Å². The molecule has 0 saturated carbocycles. The zero-order valence-corrected chi connectivity index (χ0v) is 17.3. The summed E-state index contributed by atoms with van der Waals surface area (Å²) >= 11 is 6.28. The molecule has 1 aliphatic rings. The molecule has 0 spiro atoms. The number of hydrogen-bond donors (Lipinski definition) is 3. The van der Waals surface area contributed by atoms with Crippen molar-refractivity contribution in [3.05, 3.63) is 59.2 Å². The summed E-state index contributed by atoms with van der Waals surface area (Å²) in [5.41, 5.74) is 2.25. The molecule has 31 heavy (non-hydrogen) atoms. The van der Waals surface area contributed by atoms with Gasteiger partial charge in [0.1, 0.15) is 10.7 Å². The Kier molecular flexibility index (Phi) is 5.00. The predicted molar refractivity (Wildman–Crippen MR) is 114 cm³/mol. The van der Waals surface area contributed by atoms with E-state index in [1.165, 1.54) is 6.20 Å². The Morgan fingerprint density at radius 1 is 1.26 bits per heavy atom. The van der Waals surface area contributed by atoms with Gasteiger partial charge in [-0.05, 0) is 19.1 Å². The van der Waals surface area contributed by atoms with E-state index in [2.05, 4.69) is 35.6 Å². The molecule has 0 radical (unpaired) electrons. The van der Waals surface area contributed by atoms with Crippen LogP contribution in [0.3, 0.4) is 0 Å². The zero-order valence-electron chi connectivity index (χ0n) is 16.5. The zero-order chi connectivity index (χ0) is 21.4. The molecular weight excluding hydrogens is 420 g/mol. The van der Waals surface area contributed by atoms with Crippen molar-refractivity contribution in [3.8, 4) is 11.4 Å². The number of aromatic nitrogens is 6. The van der Waals surface area contributed by atoms with E-state index in [-0.39, 0.29) is 6.04 Å². The molecule has 0 aliphatic carbocycles. The number of hydrogen-bond acceptors (Lipinski definition) is 9. The van der Waals surface area contributed by atoms with E-state index in [4.69, 9.17) is 16.1 Å². The van der Waals surface area contributed by atoms with Crippen molar-refractivity contribution >= 4 is 29.2 Å². The van der Waals surface area contributed by atoms with E-state index in [1.807, 2.05) is 42.2 Å². The van der Waals surface area contributed by atoms with Crippen LogP contribution in [0.15, 0.2) is 47.2 Å². The second kappa shape index (κ2) is 7.97. The van der Waals surface area contributed by atoms with Gasteiger partial charge in [0.15, 0.2) is 17.4 Å². The van der Waals surface area contributed by atoms with Gasteiger partial charge >= 0.3 is 0 Å². The van der Waals surface area contributed by atoms with Crippen LogP contribution < -0.4 is 10.2 Å². The van der Waals surface area contributed by atoms with Crippen LogP contribution in [0, 0.1) is 6.92 Å². The highest BCUT2D eigenvalue weighted by Crippen LogP contribution is 2.37. The summed E-state index contributed by atoms with van der Waals surface area (Å²) in [6.07, 6.45) is 3.13. The van der Waals surface area contributed by atoms with Crippen LogP contribution >= 0.6 is 11.6 Å². The van der Waals surface area contributed by atoms with Gasteiger partial charge in [-0.15, -0.1) is 0 Å². The Morgan fingerprint density at radius 3 is 2.94 bits per heavy atom. The lowest BCUT2D eigenvalue weighted by Gasteiger charge is -2.22. The summed E-state index contributed by atoms with van der Waals surface area (Å²) in [6.45, 7) is 2.25. The van der Waals surface area contributed by atoms with E-state index in [0.29, 0.717) is 52.7 Å². The molecular formula is C20H19ClN8O2. The average molecular weight is 439 g/mol. The monoisotopic (exact) mass is 438 g/mol. The van der Waals surface area contributed by atoms with Crippen molar-refractivity contribution in [1.29, 1.82) is 0 Å². The second-order valence-corrected chi connectivity index (χ2v) is 7.72. The number of aryl methyl sites for hydroxylation is 1. The van der Waals surface area contributed by atoms with Crippen molar-refractivity contribution in [2.24, 2.45) is 0 Å². The van der Waals surface area contributed by atoms with Gasteiger partial charge in [-0.3, -0.25) is 10.1 Å². The minimum Gasteiger partial charge on any atom is -0.391 e. The number of aromatic amines is 1. The number of aliphatic hydroxyl groups excluding tert-OH is 1. The summed E-state index contributed by atoms with van der Waals surface area (Å²) in [7, 11) is 0. The molecule has 4 aromatic heterocycles. The quantitative estimate of drug-likeness (QED) is 0.429. The predicted octanol–water partition coefficient (Wildman–Crippen LogP) is 3.27. The lowest BCUT2D eigenvalue weighted by molar-refractivity contribution is 0.192. The van der Waals surface area contributed by atoms with E-state index < -0.39 is 6.10 Å². The largest absolute Gasteiger partial charge is 0.391 e. The van der Waals surface area contributed by atoms with E-state index in [9.17, 15) is 5.11 Å². The van der Waals surface area contributed by atoms with E-state index in [0.717, 1.165) is 5.69 Å². The topological polar surface area (TPSA) is 129 Å². The fraction of sp³-hybridized carbons (Fsp3) is 0.250. The molecule has 158 valence electrons. The van der Waals surface area contributed by atoms with Gasteiger partial charge in [-0.25, -0.2) is 4.98 Å². The van der Waals surface area contributed by atoms with Crippen LogP contribution in [-0.4, -0.2) is 48.1 Å². The molecule has 0 bridgehead atoms. The number of β-amino-alcohol motifs (C(OH)–C–C–N with tert-alkyl or cyclic N) is 1. The van der Waals surface area contributed by atoms with Crippen molar-refractivity contribution in [2.45, 2.75) is 25.5 Å². The van der Waals surface area contributed by atoms with Gasteiger partial charge in [-0.2, -0.15) is 10.1 Å². The summed E-state index contributed by atoms with van der Waals surface area (Å²) in [4.78, 5) is 15.1. The van der Waals surface area contributed by atoms with Crippen molar-refractivity contribution < 1.29 is 9.63 Å². The minimum atomic E-state index is -0.557. The highest BCUT2D eigenvalue weighted by molar-refractivity contribution is 6.32. The van der Waals surface area contributed by atoms with Crippen LogP contribution in [0.25, 0.3) is 11.4 Å². The molecule has 1 saturated heterocycles. The lowest BCUT2D eigenvalue weighted by Crippen LogP contribution is -2.26. The van der Waals surface area contributed by atoms with Crippen molar-refractivity contribution in [2.75, 3.05) is 16.8 Å². The maximum Gasteiger partial charge on any atom is 0.228 e. The van der Waals surface area contributed by atoms with Crippen LogP contribution in [0.5, 0.6) is 0 Å². The molecule has 4 aromatic rings. The highest BCUT2D eigenvalue weighted by atomic mass is 35.5. The first-order chi connectivity index (χ1) is 15.1. The number of nitrogens with zero attached hydrogens (tertiary/aromatic N) is 6. The molecule has 0 amide bonds. The number of anilines is 3. The normalized spacial score (nSPS) is 18.5. The molecule has 2 unspecified atom stereocenters. The molecule has 1 fully saturated rings. The van der Waals surface area contributed by atoms with Crippen molar-refractivity contribution in [3.63, 3.8) is 0 Å². The Labute approximate surface area is 182 Å². The molecule has 1 aliphatic heterocycles. The lowest BCUT2D eigenvalue weighted by atomic mass is 10.1. The van der Waals surface area contributed by atoms with Gasteiger partial charge in [0.2, 0.25) is 5.95 Å². The smallest absolute Gasteiger partial charge is 0.228 e. The Balaban J connectivity index is 1.44. The number of rotatable bonds is 5. The number of halogens is 1. The van der Waals surface area contributed by atoms with Crippen LogP contribution in [-0.2, 0) is 0 Å². The molecule has 3 N–H and O–H groups in total. The minimum absolute atomic E-state index is 0.276. The Hall–Kier alpha value is -3.50. The Bertz CT molecular complexity index is 1190. The third kappa shape index (κ3) is 3.94. The maximum absolute atomic E-state index is 10.4. The summed E-state index contributed by atoms with van der Waals surface area (Å²) in [5, 5.41) is 25.0. The first kappa shape index (κ1) is 19.5. The Morgan fingerprint density at radius 2 is 2.16 bits per heavy atom. The molecule has 10 nitrogen and oxygen atoms in total. The van der Waals surface area contributed by atoms with Gasteiger partial charge in [0.25, 0.3) is 0 Å². The third-order valence-electron chi connectivity index (χ3n) is 5.00. The van der Waals surface area contributed by atoms with Crippen LogP contribution in [0.2, 0.25) is 5.02 Å². The standard InChI is InChI=1S/C20H19ClN8O2/c1-11-6-18(27-26-11)24-19-13(21)9-23-20(25-19)29-10-12(30)7-16(29)17-8-15(28-31-17)14-4-2-3-5-22-14/h2-6,8-9,12,16,30H,7,10H2,1H3,(H2,23,24,25,26,27). The average Bonchev–Trinajstić information content (AvgIpc) is 3.50. The summed E-state index contributed by atoms with van der Waals surface area (Å²) < 4.78 is 5.60. The van der Waals surface area contributed by atoms with E-state index >= 15 is 0 Å². The molecule has 2 atom stereocenters.